The van der Waals surface area contributed by atoms with Gasteiger partial charge in [-0.25, -0.2) is 4.98 Å². The Bertz CT molecular complexity index is 823. The van der Waals surface area contributed by atoms with E-state index >= 15 is 0 Å². The summed E-state index contributed by atoms with van der Waals surface area (Å²) in [4.78, 5) is 21.9. The van der Waals surface area contributed by atoms with E-state index < -0.39 is 5.54 Å². The molecule has 2 aliphatic carbocycles. The largest absolute Gasteiger partial charge is 0.474 e. The highest BCUT2D eigenvalue weighted by Gasteiger charge is 2.34. The number of fused-ring (bicyclic) bond motifs is 2. The number of carbonyl (C=O) groups excluding carboxylic acids is 1. The van der Waals surface area contributed by atoms with Crippen molar-refractivity contribution in [2.45, 2.75) is 84.8 Å². The van der Waals surface area contributed by atoms with E-state index in [1.807, 2.05) is 20.8 Å². The molecule has 3 rings (SSSR count). The Hall–Kier alpha value is -2.15. The van der Waals surface area contributed by atoms with E-state index in [1.54, 1.807) is 0 Å². The van der Waals surface area contributed by atoms with Gasteiger partial charge in [0.2, 0.25) is 11.8 Å². The average Bonchev–Trinajstić information content (AvgIpc) is 2.72. The van der Waals surface area contributed by atoms with Crippen LogP contribution < -0.4 is 15.4 Å². The SMILES string of the molecule is CCCC(C)Oc1nc(NC(C)(C)CO)ncc1C(=O)NCC1C2=CC(C)CC1CCC2. The maximum absolute atomic E-state index is 13.1. The minimum Gasteiger partial charge on any atom is -0.474 e. The lowest BCUT2D eigenvalue weighted by atomic mass is 9.67. The van der Waals surface area contributed by atoms with Gasteiger partial charge in [0, 0.05) is 18.7 Å². The Morgan fingerprint density at radius 3 is 2.88 bits per heavy atom. The van der Waals surface area contributed by atoms with Gasteiger partial charge < -0.3 is 20.5 Å². The molecular formula is C25H40N4O3. The van der Waals surface area contributed by atoms with Crippen molar-refractivity contribution in [1.29, 1.82) is 0 Å². The summed E-state index contributed by atoms with van der Waals surface area (Å²) < 4.78 is 6.05. The number of carbonyl (C=O) groups is 1. The summed E-state index contributed by atoms with van der Waals surface area (Å²) >= 11 is 0. The lowest BCUT2D eigenvalue weighted by molar-refractivity contribution is 0.0930. The second-order valence-electron chi connectivity index (χ2n) is 10.2. The van der Waals surface area contributed by atoms with E-state index in [1.165, 1.54) is 31.0 Å². The van der Waals surface area contributed by atoms with Crippen molar-refractivity contribution in [1.82, 2.24) is 15.3 Å². The average molecular weight is 445 g/mol. The molecule has 0 aliphatic heterocycles. The molecule has 4 atom stereocenters. The molecule has 178 valence electrons. The smallest absolute Gasteiger partial charge is 0.258 e. The van der Waals surface area contributed by atoms with Crippen molar-refractivity contribution < 1.29 is 14.6 Å². The zero-order valence-corrected chi connectivity index (χ0v) is 20.3. The van der Waals surface area contributed by atoms with Crippen LogP contribution in [-0.4, -0.2) is 45.8 Å². The topological polar surface area (TPSA) is 96.4 Å². The fraction of sp³-hybridized carbons (Fsp3) is 0.720. The Labute approximate surface area is 192 Å². The molecule has 0 saturated heterocycles. The zero-order chi connectivity index (χ0) is 23.3. The molecule has 7 heteroatoms. The molecule has 32 heavy (non-hydrogen) atoms. The molecule has 3 N–H and O–H groups in total. The lowest BCUT2D eigenvalue weighted by Gasteiger charge is -2.39. The van der Waals surface area contributed by atoms with Crippen LogP contribution in [0.15, 0.2) is 17.8 Å². The van der Waals surface area contributed by atoms with Crippen LogP contribution >= 0.6 is 0 Å². The summed E-state index contributed by atoms with van der Waals surface area (Å²) in [7, 11) is 0. The molecule has 2 aliphatic rings. The highest BCUT2D eigenvalue weighted by Crippen LogP contribution is 2.42. The van der Waals surface area contributed by atoms with Crippen molar-refractivity contribution in [3.05, 3.63) is 23.4 Å². The van der Waals surface area contributed by atoms with Gasteiger partial charge in [0.25, 0.3) is 5.91 Å². The first-order valence-electron chi connectivity index (χ1n) is 12.1. The summed E-state index contributed by atoms with van der Waals surface area (Å²) in [6.07, 6.45) is 10.6. The van der Waals surface area contributed by atoms with E-state index in [9.17, 15) is 9.90 Å². The van der Waals surface area contributed by atoms with Crippen LogP contribution in [0, 0.1) is 17.8 Å². The fourth-order valence-corrected chi connectivity index (χ4v) is 4.92. The summed E-state index contributed by atoms with van der Waals surface area (Å²) in [5, 5.41) is 15.8. The van der Waals surface area contributed by atoms with E-state index in [-0.39, 0.29) is 24.5 Å². The summed E-state index contributed by atoms with van der Waals surface area (Å²) in [6.45, 7) is 10.7. The molecule has 4 unspecified atom stereocenters. The summed E-state index contributed by atoms with van der Waals surface area (Å²) in [5.41, 5.74) is 1.28. The van der Waals surface area contributed by atoms with Crippen molar-refractivity contribution in [3.8, 4) is 5.88 Å². The molecule has 0 spiro atoms. The Kier molecular flexibility index (Phi) is 8.15. The second kappa shape index (κ2) is 10.6. The number of amides is 1. The van der Waals surface area contributed by atoms with Crippen molar-refractivity contribution >= 4 is 11.9 Å². The number of ether oxygens (including phenoxy) is 1. The van der Waals surface area contributed by atoms with E-state index in [0.29, 0.717) is 35.8 Å². The molecular weight excluding hydrogens is 404 g/mol. The third-order valence-corrected chi connectivity index (χ3v) is 6.59. The van der Waals surface area contributed by atoms with Gasteiger partial charge in [0.1, 0.15) is 5.56 Å². The first kappa shape index (κ1) is 24.5. The Balaban J connectivity index is 1.75. The minimum atomic E-state index is -0.584. The van der Waals surface area contributed by atoms with Crippen molar-refractivity contribution in [2.24, 2.45) is 17.8 Å². The van der Waals surface area contributed by atoms with Gasteiger partial charge in [-0.3, -0.25) is 4.79 Å². The molecule has 1 aromatic heterocycles. The van der Waals surface area contributed by atoms with Crippen LogP contribution in [0.2, 0.25) is 0 Å². The van der Waals surface area contributed by atoms with Crippen LogP contribution in [0.1, 0.15) is 83.5 Å². The highest BCUT2D eigenvalue weighted by molar-refractivity contribution is 5.96. The molecule has 1 heterocycles. The third kappa shape index (κ3) is 6.21. The van der Waals surface area contributed by atoms with Gasteiger partial charge in [-0.05, 0) is 64.7 Å². The molecule has 1 saturated carbocycles. The number of aliphatic hydroxyl groups excluding tert-OH is 1. The van der Waals surface area contributed by atoms with Crippen LogP contribution in [0.25, 0.3) is 0 Å². The maximum Gasteiger partial charge on any atom is 0.258 e. The molecule has 1 aromatic rings. The monoisotopic (exact) mass is 444 g/mol. The molecule has 2 bridgehead atoms. The maximum atomic E-state index is 13.1. The molecule has 0 aromatic carbocycles. The summed E-state index contributed by atoms with van der Waals surface area (Å²) in [5.74, 6) is 2.14. The highest BCUT2D eigenvalue weighted by atomic mass is 16.5. The van der Waals surface area contributed by atoms with Crippen LogP contribution in [0.4, 0.5) is 5.95 Å². The van der Waals surface area contributed by atoms with Crippen LogP contribution in [0.5, 0.6) is 5.88 Å². The number of hydrogen-bond donors (Lipinski definition) is 3. The zero-order valence-electron chi connectivity index (χ0n) is 20.3. The first-order chi connectivity index (χ1) is 15.2. The Morgan fingerprint density at radius 2 is 2.19 bits per heavy atom. The van der Waals surface area contributed by atoms with Gasteiger partial charge >= 0.3 is 0 Å². The predicted molar refractivity (Wildman–Crippen MR) is 127 cm³/mol. The molecule has 1 fully saturated rings. The number of allylic oxidation sites excluding steroid dienone is 1. The van der Waals surface area contributed by atoms with Crippen molar-refractivity contribution in [3.63, 3.8) is 0 Å². The molecule has 7 nitrogen and oxygen atoms in total. The standard InChI is InChI=1S/C25H40N4O3/c1-6-8-17(3)32-23-21(14-27-24(28-23)29-25(4,5)15-30)22(31)26-13-20-18-9-7-10-19(20)12-16(2)11-18/h11,14,16-17,19-20,30H,6-10,12-13,15H2,1-5H3,(H,26,31)(H,27,28,29). The van der Waals surface area contributed by atoms with Gasteiger partial charge in [-0.15, -0.1) is 0 Å². The number of aromatic nitrogens is 2. The first-order valence-corrected chi connectivity index (χ1v) is 12.1. The number of nitrogens with one attached hydrogen (secondary N) is 2. The van der Waals surface area contributed by atoms with Crippen molar-refractivity contribution in [2.75, 3.05) is 18.5 Å². The fourth-order valence-electron chi connectivity index (χ4n) is 4.92. The van der Waals surface area contributed by atoms with Crippen LogP contribution in [-0.2, 0) is 0 Å². The van der Waals surface area contributed by atoms with E-state index in [0.717, 1.165) is 19.3 Å². The Morgan fingerprint density at radius 1 is 1.41 bits per heavy atom. The summed E-state index contributed by atoms with van der Waals surface area (Å²) in [6, 6.07) is 0. The van der Waals surface area contributed by atoms with Gasteiger partial charge in [-0.2, -0.15) is 4.98 Å². The third-order valence-electron chi connectivity index (χ3n) is 6.59. The van der Waals surface area contributed by atoms with Gasteiger partial charge in [0.15, 0.2) is 0 Å². The molecule has 0 radical (unpaired) electrons. The second-order valence-corrected chi connectivity index (χ2v) is 10.2. The van der Waals surface area contributed by atoms with Gasteiger partial charge in [0.05, 0.1) is 18.2 Å². The van der Waals surface area contributed by atoms with E-state index in [2.05, 4.69) is 40.5 Å². The normalized spacial score (nSPS) is 23.8. The quantitative estimate of drug-likeness (QED) is 0.465. The lowest BCUT2D eigenvalue weighted by Crippen LogP contribution is -2.38. The number of anilines is 1. The number of rotatable bonds is 10. The van der Waals surface area contributed by atoms with E-state index in [4.69, 9.17) is 4.74 Å². The molecule has 1 amide bonds. The van der Waals surface area contributed by atoms with Gasteiger partial charge in [-0.1, -0.05) is 31.9 Å². The number of nitrogens with zero attached hydrogens (tertiary/aromatic N) is 2. The van der Waals surface area contributed by atoms with Crippen LogP contribution in [0.3, 0.4) is 0 Å². The number of aliphatic hydroxyl groups is 1. The minimum absolute atomic E-state index is 0.0653. The predicted octanol–water partition coefficient (Wildman–Crippen LogP) is 4.34. The number of hydrogen-bond acceptors (Lipinski definition) is 6.